The third-order valence-electron chi connectivity index (χ3n) is 4.16. The molecule has 4 rings (SSSR count). The van der Waals surface area contributed by atoms with Crippen LogP contribution in [0.15, 0.2) is 48.5 Å². The van der Waals surface area contributed by atoms with E-state index in [9.17, 15) is 4.79 Å². The SMILES string of the molecule is O=C(O)Cc1ccc(Oc2nc(-c3ccc(Cl)cc3)nc(C3CC3)n2)cc1. The van der Waals surface area contributed by atoms with Crippen molar-refractivity contribution in [2.75, 3.05) is 0 Å². The number of ether oxygens (including phenoxy) is 1. The van der Waals surface area contributed by atoms with Gasteiger partial charge in [-0.05, 0) is 54.8 Å². The van der Waals surface area contributed by atoms with E-state index in [-0.39, 0.29) is 12.4 Å². The summed E-state index contributed by atoms with van der Waals surface area (Å²) in [5.41, 5.74) is 1.54. The van der Waals surface area contributed by atoms with Gasteiger partial charge in [-0.25, -0.2) is 4.98 Å². The third-order valence-corrected chi connectivity index (χ3v) is 4.42. The molecule has 0 saturated heterocycles. The number of nitrogens with zero attached hydrogens (tertiary/aromatic N) is 3. The zero-order valence-corrected chi connectivity index (χ0v) is 15.1. The first kappa shape index (κ1) is 17.4. The Kier molecular flexibility index (Phi) is 4.73. The highest BCUT2D eigenvalue weighted by atomic mass is 35.5. The number of aliphatic carboxylic acids is 1. The Balaban J connectivity index is 1.61. The Bertz CT molecular complexity index is 971. The predicted octanol–water partition coefficient (Wildman–Crippen LogP) is 4.49. The molecule has 0 bridgehead atoms. The van der Waals surface area contributed by atoms with Gasteiger partial charge >= 0.3 is 12.0 Å². The molecule has 1 aliphatic rings. The minimum absolute atomic E-state index is 0.0292. The van der Waals surface area contributed by atoms with Crippen LogP contribution in [0.2, 0.25) is 5.02 Å². The van der Waals surface area contributed by atoms with E-state index < -0.39 is 5.97 Å². The first-order chi connectivity index (χ1) is 13.1. The third kappa shape index (κ3) is 4.41. The lowest BCUT2D eigenvalue weighted by Gasteiger charge is -2.08. The van der Waals surface area contributed by atoms with Crippen molar-refractivity contribution >= 4 is 17.6 Å². The van der Waals surface area contributed by atoms with Crippen molar-refractivity contribution in [1.82, 2.24) is 15.0 Å². The van der Waals surface area contributed by atoms with Crippen molar-refractivity contribution in [1.29, 1.82) is 0 Å². The van der Waals surface area contributed by atoms with Gasteiger partial charge in [0.05, 0.1) is 6.42 Å². The second-order valence-corrected chi connectivity index (χ2v) is 6.83. The van der Waals surface area contributed by atoms with Crippen LogP contribution in [0.1, 0.15) is 30.1 Å². The number of carbonyl (C=O) groups is 1. The largest absolute Gasteiger partial charge is 0.481 e. The summed E-state index contributed by atoms with van der Waals surface area (Å²) in [5.74, 6) is 1.29. The molecular formula is C20H16ClN3O3. The molecule has 0 amide bonds. The van der Waals surface area contributed by atoms with E-state index in [4.69, 9.17) is 21.4 Å². The van der Waals surface area contributed by atoms with Crippen LogP contribution >= 0.6 is 11.6 Å². The van der Waals surface area contributed by atoms with Gasteiger partial charge < -0.3 is 9.84 Å². The first-order valence-electron chi connectivity index (χ1n) is 8.57. The van der Waals surface area contributed by atoms with Gasteiger partial charge in [0.15, 0.2) is 5.82 Å². The van der Waals surface area contributed by atoms with Crippen molar-refractivity contribution < 1.29 is 14.6 Å². The van der Waals surface area contributed by atoms with Gasteiger partial charge in [0.1, 0.15) is 11.6 Å². The van der Waals surface area contributed by atoms with Crippen LogP contribution < -0.4 is 4.74 Å². The van der Waals surface area contributed by atoms with Gasteiger partial charge in [-0.2, -0.15) is 9.97 Å². The fraction of sp³-hybridized carbons (Fsp3) is 0.200. The van der Waals surface area contributed by atoms with Gasteiger partial charge in [-0.3, -0.25) is 4.79 Å². The van der Waals surface area contributed by atoms with Gasteiger partial charge in [0.2, 0.25) is 0 Å². The molecule has 0 unspecified atom stereocenters. The number of hydrogen-bond donors (Lipinski definition) is 1. The maximum Gasteiger partial charge on any atom is 0.325 e. The highest BCUT2D eigenvalue weighted by Crippen LogP contribution is 2.39. The number of carboxylic acid groups (broad SMARTS) is 1. The molecule has 2 aromatic carbocycles. The Hall–Kier alpha value is -2.99. The number of carboxylic acids is 1. The topological polar surface area (TPSA) is 85.2 Å². The summed E-state index contributed by atoms with van der Waals surface area (Å²) >= 11 is 5.96. The maximum atomic E-state index is 10.8. The van der Waals surface area contributed by atoms with Crippen LogP contribution in [0.25, 0.3) is 11.4 Å². The van der Waals surface area contributed by atoms with Crippen LogP contribution in [0, 0.1) is 0 Å². The molecule has 136 valence electrons. The molecule has 3 aromatic rings. The second-order valence-electron chi connectivity index (χ2n) is 6.40. The summed E-state index contributed by atoms with van der Waals surface area (Å²) in [6.07, 6.45) is 2.10. The molecule has 0 atom stereocenters. The minimum atomic E-state index is -0.872. The summed E-state index contributed by atoms with van der Waals surface area (Å²) in [4.78, 5) is 24.2. The summed E-state index contributed by atoms with van der Waals surface area (Å²) in [7, 11) is 0. The van der Waals surface area contributed by atoms with Crippen LogP contribution in [0.5, 0.6) is 11.8 Å². The predicted molar refractivity (Wildman–Crippen MR) is 100 cm³/mol. The molecule has 27 heavy (non-hydrogen) atoms. The van der Waals surface area contributed by atoms with Gasteiger partial charge in [0.25, 0.3) is 0 Å². The van der Waals surface area contributed by atoms with E-state index in [1.54, 1.807) is 36.4 Å². The van der Waals surface area contributed by atoms with E-state index in [0.29, 0.717) is 28.1 Å². The van der Waals surface area contributed by atoms with Gasteiger partial charge in [-0.15, -0.1) is 0 Å². The summed E-state index contributed by atoms with van der Waals surface area (Å²) in [6.45, 7) is 0. The molecule has 6 nitrogen and oxygen atoms in total. The Morgan fingerprint density at radius 3 is 2.37 bits per heavy atom. The molecule has 1 saturated carbocycles. The lowest BCUT2D eigenvalue weighted by molar-refractivity contribution is -0.136. The maximum absolute atomic E-state index is 10.8. The molecule has 1 N–H and O–H groups in total. The number of benzene rings is 2. The monoisotopic (exact) mass is 381 g/mol. The quantitative estimate of drug-likeness (QED) is 0.677. The standard InChI is InChI=1S/C20H16ClN3O3/c21-15-7-5-14(6-8-15)19-22-18(13-3-4-13)23-20(24-19)27-16-9-1-12(2-10-16)11-17(25)26/h1-2,5-10,13H,3-4,11H2,(H,25,26). The second kappa shape index (κ2) is 7.32. The van der Waals surface area contributed by atoms with Crippen molar-refractivity contribution in [2.24, 2.45) is 0 Å². The number of rotatable bonds is 6. The van der Waals surface area contributed by atoms with E-state index in [2.05, 4.69) is 15.0 Å². The van der Waals surface area contributed by atoms with E-state index in [0.717, 1.165) is 24.2 Å². The van der Waals surface area contributed by atoms with Crippen LogP contribution in [-0.2, 0) is 11.2 Å². The number of hydrogen-bond acceptors (Lipinski definition) is 5. The average Bonchev–Trinajstić information content (AvgIpc) is 3.49. The lowest BCUT2D eigenvalue weighted by Crippen LogP contribution is -2.02. The highest BCUT2D eigenvalue weighted by molar-refractivity contribution is 6.30. The fourth-order valence-corrected chi connectivity index (χ4v) is 2.75. The molecule has 0 aliphatic heterocycles. The van der Waals surface area contributed by atoms with Crippen LogP contribution in [0.4, 0.5) is 0 Å². The molecule has 1 aromatic heterocycles. The van der Waals surface area contributed by atoms with Crippen molar-refractivity contribution in [3.8, 4) is 23.1 Å². The zero-order chi connectivity index (χ0) is 18.8. The zero-order valence-electron chi connectivity index (χ0n) is 14.3. The molecule has 0 radical (unpaired) electrons. The normalized spacial score (nSPS) is 13.4. The summed E-state index contributed by atoms with van der Waals surface area (Å²) in [5, 5.41) is 9.50. The molecule has 1 heterocycles. The fourth-order valence-electron chi connectivity index (χ4n) is 2.63. The van der Waals surface area contributed by atoms with E-state index >= 15 is 0 Å². The van der Waals surface area contributed by atoms with Gasteiger partial charge in [0, 0.05) is 16.5 Å². The Morgan fingerprint density at radius 1 is 1.04 bits per heavy atom. The molecule has 0 spiro atoms. The van der Waals surface area contributed by atoms with E-state index in [1.807, 2.05) is 12.1 Å². The molecule has 1 aliphatic carbocycles. The van der Waals surface area contributed by atoms with Gasteiger partial charge in [-0.1, -0.05) is 23.7 Å². The molecule has 7 heteroatoms. The van der Waals surface area contributed by atoms with Crippen molar-refractivity contribution in [3.05, 3.63) is 64.9 Å². The Labute approximate surface area is 160 Å². The summed E-state index contributed by atoms with van der Waals surface area (Å²) in [6, 6.07) is 14.4. The number of halogens is 1. The lowest BCUT2D eigenvalue weighted by atomic mass is 10.1. The molecule has 1 fully saturated rings. The molecular weight excluding hydrogens is 366 g/mol. The first-order valence-corrected chi connectivity index (χ1v) is 8.95. The van der Waals surface area contributed by atoms with Crippen LogP contribution in [-0.4, -0.2) is 26.0 Å². The average molecular weight is 382 g/mol. The van der Waals surface area contributed by atoms with E-state index in [1.165, 1.54) is 0 Å². The number of aromatic nitrogens is 3. The smallest absolute Gasteiger partial charge is 0.325 e. The Morgan fingerprint density at radius 2 is 1.74 bits per heavy atom. The summed E-state index contributed by atoms with van der Waals surface area (Å²) < 4.78 is 5.81. The van der Waals surface area contributed by atoms with Crippen LogP contribution in [0.3, 0.4) is 0 Å². The minimum Gasteiger partial charge on any atom is -0.481 e. The van der Waals surface area contributed by atoms with Crippen molar-refractivity contribution in [2.45, 2.75) is 25.2 Å². The van der Waals surface area contributed by atoms with Crippen molar-refractivity contribution in [3.63, 3.8) is 0 Å². The highest BCUT2D eigenvalue weighted by Gasteiger charge is 2.28.